The smallest absolute Gasteiger partial charge is 0.191 e. The minimum atomic E-state index is 0. The maximum Gasteiger partial charge on any atom is 0.191 e. The standard InChI is InChI=1S/C18H30N4.HI/c1-13(2)22-11-15(4)17(12-22)21-18(19-5)20-10-16-8-6-14(3)7-9-16;/h6-9,13,15,17H,10-12H2,1-5H3,(H2,19,20,21);1H. The molecule has 1 aromatic carbocycles. The van der Waals surface area contributed by atoms with Gasteiger partial charge in [-0.25, -0.2) is 0 Å². The van der Waals surface area contributed by atoms with Crippen molar-refractivity contribution in [2.75, 3.05) is 20.1 Å². The van der Waals surface area contributed by atoms with Crippen LogP contribution in [0.15, 0.2) is 29.3 Å². The van der Waals surface area contributed by atoms with Crippen LogP contribution >= 0.6 is 24.0 Å². The van der Waals surface area contributed by atoms with Crippen molar-refractivity contribution in [3.8, 4) is 0 Å². The van der Waals surface area contributed by atoms with E-state index in [1.807, 2.05) is 7.05 Å². The Morgan fingerprint density at radius 1 is 1.26 bits per heavy atom. The van der Waals surface area contributed by atoms with E-state index >= 15 is 0 Å². The van der Waals surface area contributed by atoms with Crippen molar-refractivity contribution in [1.82, 2.24) is 15.5 Å². The van der Waals surface area contributed by atoms with Crippen molar-refractivity contribution >= 4 is 29.9 Å². The summed E-state index contributed by atoms with van der Waals surface area (Å²) >= 11 is 0. The second kappa shape index (κ2) is 9.47. The van der Waals surface area contributed by atoms with E-state index in [4.69, 9.17) is 0 Å². The molecule has 2 unspecified atom stereocenters. The molecule has 0 aliphatic carbocycles. The zero-order valence-electron chi connectivity index (χ0n) is 15.0. The topological polar surface area (TPSA) is 39.7 Å². The van der Waals surface area contributed by atoms with E-state index in [2.05, 4.69) is 72.5 Å². The number of aliphatic imine (C=N–C) groups is 1. The van der Waals surface area contributed by atoms with Gasteiger partial charge in [-0.15, -0.1) is 24.0 Å². The molecule has 4 nitrogen and oxygen atoms in total. The number of hydrogen-bond donors (Lipinski definition) is 2. The maximum atomic E-state index is 4.36. The summed E-state index contributed by atoms with van der Waals surface area (Å²) in [5.74, 6) is 1.53. The molecule has 0 radical (unpaired) electrons. The molecule has 2 rings (SSSR count). The first-order chi connectivity index (χ1) is 10.5. The van der Waals surface area contributed by atoms with E-state index < -0.39 is 0 Å². The SMILES string of the molecule is CN=C(NCc1ccc(C)cc1)NC1CN(C(C)C)CC1C.I. The minimum absolute atomic E-state index is 0. The summed E-state index contributed by atoms with van der Waals surface area (Å²) in [6.45, 7) is 12.0. The zero-order chi connectivity index (χ0) is 16.1. The normalized spacial score (nSPS) is 22.1. The zero-order valence-corrected chi connectivity index (χ0v) is 17.3. The van der Waals surface area contributed by atoms with Crippen molar-refractivity contribution < 1.29 is 0 Å². The van der Waals surface area contributed by atoms with Crippen LogP contribution in [0.3, 0.4) is 0 Å². The van der Waals surface area contributed by atoms with Gasteiger partial charge in [0.05, 0.1) is 0 Å². The van der Waals surface area contributed by atoms with Crippen LogP contribution in [-0.4, -0.2) is 43.1 Å². The van der Waals surface area contributed by atoms with E-state index in [1.54, 1.807) is 0 Å². The van der Waals surface area contributed by atoms with Gasteiger partial charge in [0.25, 0.3) is 0 Å². The number of guanidine groups is 1. The van der Waals surface area contributed by atoms with Gasteiger partial charge in [-0.2, -0.15) is 0 Å². The Morgan fingerprint density at radius 3 is 2.43 bits per heavy atom. The van der Waals surface area contributed by atoms with Gasteiger partial charge in [0.15, 0.2) is 5.96 Å². The number of rotatable bonds is 4. The van der Waals surface area contributed by atoms with Gasteiger partial charge >= 0.3 is 0 Å². The average molecular weight is 430 g/mol. The number of aryl methyl sites for hydroxylation is 1. The number of benzene rings is 1. The van der Waals surface area contributed by atoms with E-state index in [-0.39, 0.29) is 24.0 Å². The molecule has 1 saturated heterocycles. The van der Waals surface area contributed by atoms with E-state index in [0.29, 0.717) is 18.0 Å². The molecule has 0 spiro atoms. The van der Waals surface area contributed by atoms with Gasteiger partial charge in [-0.3, -0.25) is 9.89 Å². The summed E-state index contributed by atoms with van der Waals surface area (Å²) in [6.07, 6.45) is 0. The molecule has 1 aromatic rings. The van der Waals surface area contributed by atoms with Gasteiger partial charge in [-0.05, 0) is 32.3 Å². The number of nitrogens with one attached hydrogen (secondary N) is 2. The van der Waals surface area contributed by atoms with Crippen LogP contribution in [0.4, 0.5) is 0 Å². The predicted molar refractivity (Wildman–Crippen MR) is 110 cm³/mol. The van der Waals surface area contributed by atoms with Gasteiger partial charge in [0.1, 0.15) is 0 Å². The molecular formula is C18H31IN4. The fraction of sp³-hybridized carbons (Fsp3) is 0.611. The van der Waals surface area contributed by atoms with Gasteiger partial charge in [-0.1, -0.05) is 36.8 Å². The molecule has 130 valence electrons. The van der Waals surface area contributed by atoms with Crippen molar-refractivity contribution in [3.63, 3.8) is 0 Å². The molecule has 1 heterocycles. The van der Waals surface area contributed by atoms with Crippen LogP contribution < -0.4 is 10.6 Å². The molecular weight excluding hydrogens is 399 g/mol. The minimum Gasteiger partial charge on any atom is -0.352 e. The van der Waals surface area contributed by atoms with E-state index in [0.717, 1.165) is 25.6 Å². The summed E-state index contributed by atoms with van der Waals surface area (Å²) in [4.78, 5) is 6.89. The molecule has 0 saturated carbocycles. The van der Waals surface area contributed by atoms with Crippen LogP contribution in [-0.2, 0) is 6.54 Å². The van der Waals surface area contributed by atoms with Crippen LogP contribution in [0.5, 0.6) is 0 Å². The Kier molecular flexibility index (Phi) is 8.33. The summed E-state index contributed by atoms with van der Waals surface area (Å²) in [5.41, 5.74) is 2.57. The fourth-order valence-corrected chi connectivity index (χ4v) is 2.88. The first kappa shape index (κ1) is 20.2. The van der Waals surface area contributed by atoms with Crippen LogP contribution in [0.2, 0.25) is 0 Å². The van der Waals surface area contributed by atoms with Crippen LogP contribution in [0.1, 0.15) is 31.9 Å². The van der Waals surface area contributed by atoms with Crippen molar-refractivity contribution in [2.24, 2.45) is 10.9 Å². The molecule has 1 aliphatic heterocycles. The Hall–Kier alpha value is -0.820. The second-order valence-electron chi connectivity index (χ2n) is 6.69. The third kappa shape index (κ3) is 5.95. The number of hydrogen-bond acceptors (Lipinski definition) is 2. The van der Waals surface area contributed by atoms with Crippen molar-refractivity contribution in [1.29, 1.82) is 0 Å². The highest BCUT2D eigenvalue weighted by atomic mass is 127. The number of halogens is 1. The lowest BCUT2D eigenvalue weighted by Crippen LogP contribution is -2.46. The molecule has 5 heteroatoms. The van der Waals surface area contributed by atoms with Crippen LogP contribution in [0.25, 0.3) is 0 Å². The second-order valence-corrected chi connectivity index (χ2v) is 6.69. The van der Waals surface area contributed by atoms with Crippen molar-refractivity contribution in [3.05, 3.63) is 35.4 Å². The summed E-state index contributed by atoms with van der Waals surface area (Å²) in [6, 6.07) is 9.69. The number of likely N-dealkylation sites (tertiary alicyclic amines) is 1. The lowest BCUT2D eigenvalue weighted by Gasteiger charge is -2.22. The van der Waals surface area contributed by atoms with E-state index in [9.17, 15) is 0 Å². The summed E-state index contributed by atoms with van der Waals surface area (Å²) < 4.78 is 0. The van der Waals surface area contributed by atoms with Gasteiger partial charge < -0.3 is 10.6 Å². The Bertz CT molecular complexity index is 498. The lowest BCUT2D eigenvalue weighted by molar-refractivity contribution is 0.265. The molecule has 0 bridgehead atoms. The maximum absolute atomic E-state index is 4.36. The molecule has 1 fully saturated rings. The van der Waals surface area contributed by atoms with Crippen LogP contribution in [0, 0.1) is 12.8 Å². The fourth-order valence-electron chi connectivity index (χ4n) is 2.88. The Morgan fingerprint density at radius 2 is 1.91 bits per heavy atom. The first-order valence-electron chi connectivity index (χ1n) is 8.26. The molecule has 1 aliphatic rings. The Balaban J connectivity index is 0.00000264. The first-order valence-corrected chi connectivity index (χ1v) is 8.26. The third-order valence-electron chi connectivity index (χ3n) is 4.50. The summed E-state index contributed by atoms with van der Waals surface area (Å²) in [7, 11) is 1.84. The lowest BCUT2D eigenvalue weighted by atomic mass is 10.1. The molecule has 0 amide bonds. The monoisotopic (exact) mass is 430 g/mol. The highest BCUT2D eigenvalue weighted by Crippen LogP contribution is 2.18. The van der Waals surface area contributed by atoms with Gasteiger partial charge in [0.2, 0.25) is 0 Å². The third-order valence-corrected chi connectivity index (χ3v) is 4.50. The number of nitrogens with zero attached hydrogens (tertiary/aromatic N) is 2. The summed E-state index contributed by atoms with van der Waals surface area (Å²) in [5, 5.41) is 7.00. The van der Waals surface area contributed by atoms with Crippen molar-refractivity contribution in [2.45, 2.75) is 46.3 Å². The highest BCUT2D eigenvalue weighted by Gasteiger charge is 2.31. The molecule has 2 N–H and O–H groups in total. The average Bonchev–Trinajstić information content (AvgIpc) is 2.86. The van der Waals surface area contributed by atoms with E-state index in [1.165, 1.54) is 11.1 Å². The van der Waals surface area contributed by atoms with Gasteiger partial charge in [0, 0.05) is 38.8 Å². The highest BCUT2D eigenvalue weighted by molar-refractivity contribution is 14.0. The molecule has 23 heavy (non-hydrogen) atoms. The Labute approximate surface area is 158 Å². The quantitative estimate of drug-likeness (QED) is 0.438. The molecule has 2 atom stereocenters. The largest absolute Gasteiger partial charge is 0.352 e. The molecule has 0 aromatic heterocycles. The predicted octanol–water partition coefficient (Wildman–Crippen LogP) is 3.01.